The number of halogens is 2. The fourth-order valence-corrected chi connectivity index (χ4v) is 1.57. The van der Waals surface area contributed by atoms with Crippen LogP contribution in [0, 0.1) is 11.6 Å². The zero-order valence-corrected chi connectivity index (χ0v) is 8.94. The summed E-state index contributed by atoms with van der Waals surface area (Å²) in [7, 11) is 0. The quantitative estimate of drug-likeness (QED) is 0.787. The number of likely N-dealkylation sites (tertiary alicyclic amines) is 1. The average Bonchev–Trinajstić information content (AvgIpc) is 2.24. The van der Waals surface area contributed by atoms with Crippen LogP contribution in [0.2, 0.25) is 0 Å². The highest BCUT2D eigenvalue weighted by Crippen LogP contribution is 2.15. The number of amides is 1. The third-order valence-corrected chi connectivity index (χ3v) is 2.57. The lowest BCUT2D eigenvalue weighted by atomic mass is 10.1. The fraction of sp³-hybridized carbons (Fsp3) is 0.250. The third kappa shape index (κ3) is 2.50. The molecule has 1 heterocycles. The normalized spacial score (nSPS) is 16.3. The molecular weight excluding hydrogens is 228 g/mol. The van der Waals surface area contributed by atoms with Gasteiger partial charge in [0.25, 0.3) is 0 Å². The van der Waals surface area contributed by atoms with E-state index in [-0.39, 0.29) is 24.6 Å². The highest BCUT2D eigenvalue weighted by molar-refractivity contribution is 5.92. The summed E-state index contributed by atoms with van der Waals surface area (Å²) in [5.74, 6) is -1.78. The molecule has 1 aliphatic rings. The van der Waals surface area contributed by atoms with Crippen LogP contribution in [0.15, 0.2) is 24.3 Å². The van der Waals surface area contributed by atoms with Gasteiger partial charge in [-0.1, -0.05) is 6.07 Å². The molecule has 0 aliphatic carbocycles. The Hall–Kier alpha value is -1.75. The first-order chi connectivity index (χ1) is 8.08. The van der Waals surface area contributed by atoms with Crippen molar-refractivity contribution in [1.29, 1.82) is 0 Å². The van der Waals surface area contributed by atoms with Crippen molar-refractivity contribution in [3.63, 3.8) is 0 Å². The van der Waals surface area contributed by atoms with Crippen LogP contribution in [-0.2, 0) is 4.79 Å². The zero-order chi connectivity index (χ0) is 12.4. The van der Waals surface area contributed by atoms with Crippen LogP contribution in [0.5, 0.6) is 0 Å². The van der Waals surface area contributed by atoms with Crippen LogP contribution < -0.4 is 0 Å². The number of benzene rings is 1. The number of aliphatic hydroxyl groups excluding tert-OH is 1. The monoisotopic (exact) mass is 239 g/mol. The van der Waals surface area contributed by atoms with Gasteiger partial charge in [-0.05, 0) is 18.2 Å². The smallest absolute Gasteiger partial charge is 0.246 e. The van der Waals surface area contributed by atoms with Crippen LogP contribution in [0.4, 0.5) is 8.78 Å². The number of rotatable bonds is 2. The topological polar surface area (TPSA) is 40.5 Å². The molecule has 1 aliphatic heterocycles. The minimum absolute atomic E-state index is 0.234. The van der Waals surface area contributed by atoms with E-state index in [0.717, 1.165) is 24.3 Å². The van der Waals surface area contributed by atoms with Gasteiger partial charge in [0.15, 0.2) is 0 Å². The first-order valence-corrected chi connectivity index (χ1v) is 5.17. The molecule has 0 aromatic heterocycles. The minimum atomic E-state index is -0.710. The molecule has 2 rings (SSSR count). The Morgan fingerprint density at radius 2 is 1.94 bits per heavy atom. The lowest BCUT2D eigenvalue weighted by Crippen LogP contribution is -2.52. The van der Waals surface area contributed by atoms with Crippen molar-refractivity contribution in [2.75, 3.05) is 13.1 Å². The molecule has 1 aromatic carbocycles. The lowest BCUT2D eigenvalue weighted by molar-refractivity contribution is -0.135. The summed E-state index contributed by atoms with van der Waals surface area (Å²) in [5, 5.41) is 9.00. The minimum Gasteiger partial charge on any atom is -0.389 e. The highest BCUT2D eigenvalue weighted by Gasteiger charge is 2.27. The molecule has 1 aromatic rings. The van der Waals surface area contributed by atoms with Crippen LogP contribution in [0.3, 0.4) is 0 Å². The summed E-state index contributed by atoms with van der Waals surface area (Å²) < 4.78 is 26.4. The largest absolute Gasteiger partial charge is 0.389 e. The van der Waals surface area contributed by atoms with Crippen molar-refractivity contribution in [3.8, 4) is 0 Å². The van der Waals surface area contributed by atoms with Gasteiger partial charge in [0, 0.05) is 24.7 Å². The molecule has 3 nitrogen and oxygen atoms in total. The summed E-state index contributed by atoms with van der Waals surface area (Å²) in [6.07, 6.45) is 1.72. The Morgan fingerprint density at radius 3 is 2.47 bits per heavy atom. The van der Waals surface area contributed by atoms with E-state index >= 15 is 0 Å². The average molecular weight is 239 g/mol. The Labute approximate surface area is 97.0 Å². The number of carbonyl (C=O) groups is 1. The van der Waals surface area contributed by atoms with Crippen LogP contribution in [0.1, 0.15) is 5.56 Å². The molecule has 90 valence electrons. The molecule has 0 radical (unpaired) electrons. The Balaban J connectivity index is 2.07. The maximum absolute atomic E-state index is 13.2. The third-order valence-electron chi connectivity index (χ3n) is 2.57. The highest BCUT2D eigenvalue weighted by atomic mass is 19.1. The van der Waals surface area contributed by atoms with Gasteiger partial charge in [0.1, 0.15) is 11.6 Å². The summed E-state index contributed by atoms with van der Waals surface area (Å²) >= 11 is 0. The number of β-amino-alcohol motifs (C(OH)–C–C–N with tert-alkyl or cyclic N) is 1. The Kier molecular flexibility index (Phi) is 3.19. The molecule has 0 unspecified atom stereocenters. The van der Waals surface area contributed by atoms with E-state index in [1.807, 2.05) is 0 Å². The number of hydrogen-bond acceptors (Lipinski definition) is 2. The first-order valence-electron chi connectivity index (χ1n) is 5.17. The van der Waals surface area contributed by atoms with Crippen molar-refractivity contribution in [2.24, 2.45) is 0 Å². The maximum Gasteiger partial charge on any atom is 0.246 e. The van der Waals surface area contributed by atoms with Gasteiger partial charge in [-0.25, -0.2) is 8.78 Å². The van der Waals surface area contributed by atoms with E-state index in [2.05, 4.69) is 0 Å². The Bertz CT molecular complexity index is 447. The number of nitrogens with zero attached hydrogens (tertiary/aromatic N) is 1. The fourth-order valence-electron chi connectivity index (χ4n) is 1.57. The SMILES string of the molecule is O=C(/C=C/c1c(F)cccc1F)N1CC(O)C1. The predicted octanol–water partition coefficient (Wildman–Crippen LogP) is 1.18. The van der Waals surface area contributed by atoms with Gasteiger partial charge in [0.05, 0.1) is 6.10 Å². The molecule has 1 saturated heterocycles. The van der Waals surface area contributed by atoms with Crippen molar-refractivity contribution in [1.82, 2.24) is 4.90 Å². The zero-order valence-electron chi connectivity index (χ0n) is 8.94. The molecular formula is C12H11F2NO2. The van der Waals surface area contributed by atoms with Gasteiger partial charge in [-0.2, -0.15) is 0 Å². The van der Waals surface area contributed by atoms with Crippen LogP contribution >= 0.6 is 0 Å². The molecule has 1 fully saturated rings. The maximum atomic E-state index is 13.2. The number of carbonyl (C=O) groups excluding carboxylic acids is 1. The molecule has 1 amide bonds. The number of aliphatic hydroxyl groups is 1. The van der Waals surface area contributed by atoms with Crippen molar-refractivity contribution in [3.05, 3.63) is 41.5 Å². The van der Waals surface area contributed by atoms with E-state index in [0.29, 0.717) is 0 Å². The van der Waals surface area contributed by atoms with E-state index < -0.39 is 17.7 Å². The summed E-state index contributed by atoms with van der Waals surface area (Å²) in [5.41, 5.74) is -0.234. The molecule has 0 bridgehead atoms. The van der Waals surface area contributed by atoms with E-state index in [1.165, 1.54) is 11.0 Å². The molecule has 0 atom stereocenters. The van der Waals surface area contributed by atoms with Crippen molar-refractivity contribution >= 4 is 12.0 Å². The van der Waals surface area contributed by atoms with Gasteiger partial charge in [-0.15, -0.1) is 0 Å². The standard InChI is InChI=1S/C12H11F2NO2/c13-10-2-1-3-11(14)9(10)4-5-12(17)15-6-8(16)7-15/h1-5,8,16H,6-7H2/b5-4+. The first kappa shape index (κ1) is 11.7. The molecule has 0 spiro atoms. The summed E-state index contributed by atoms with van der Waals surface area (Å²) in [4.78, 5) is 12.8. The second kappa shape index (κ2) is 4.63. The summed E-state index contributed by atoms with van der Waals surface area (Å²) in [6, 6.07) is 3.51. The van der Waals surface area contributed by atoms with Gasteiger partial charge in [0.2, 0.25) is 5.91 Å². The second-order valence-electron chi connectivity index (χ2n) is 3.87. The van der Waals surface area contributed by atoms with Crippen molar-refractivity contribution < 1.29 is 18.7 Å². The second-order valence-corrected chi connectivity index (χ2v) is 3.87. The Morgan fingerprint density at radius 1 is 1.35 bits per heavy atom. The predicted molar refractivity (Wildman–Crippen MR) is 58.0 cm³/mol. The van der Waals surface area contributed by atoms with Gasteiger partial charge < -0.3 is 10.0 Å². The molecule has 5 heteroatoms. The molecule has 0 saturated carbocycles. The lowest BCUT2D eigenvalue weighted by Gasteiger charge is -2.34. The van der Waals surface area contributed by atoms with Crippen LogP contribution in [-0.4, -0.2) is 35.1 Å². The van der Waals surface area contributed by atoms with E-state index in [1.54, 1.807) is 0 Å². The number of hydrogen-bond donors (Lipinski definition) is 1. The van der Waals surface area contributed by atoms with E-state index in [9.17, 15) is 13.6 Å². The van der Waals surface area contributed by atoms with Crippen molar-refractivity contribution in [2.45, 2.75) is 6.10 Å². The van der Waals surface area contributed by atoms with Gasteiger partial charge >= 0.3 is 0 Å². The van der Waals surface area contributed by atoms with Gasteiger partial charge in [-0.3, -0.25) is 4.79 Å². The van der Waals surface area contributed by atoms with E-state index in [4.69, 9.17) is 5.11 Å². The molecule has 1 N–H and O–H groups in total. The molecule has 17 heavy (non-hydrogen) atoms. The summed E-state index contributed by atoms with van der Waals surface area (Å²) in [6.45, 7) is 0.534. The van der Waals surface area contributed by atoms with Crippen LogP contribution in [0.25, 0.3) is 6.08 Å².